The summed E-state index contributed by atoms with van der Waals surface area (Å²) in [5.41, 5.74) is 6.15. The van der Waals surface area contributed by atoms with Gasteiger partial charge in [-0.25, -0.2) is 4.79 Å². The van der Waals surface area contributed by atoms with Crippen molar-refractivity contribution >= 4 is 29.2 Å². The van der Waals surface area contributed by atoms with Crippen molar-refractivity contribution < 1.29 is 14.7 Å². The van der Waals surface area contributed by atoms with Crippen molar-refractivity contribution in [3.05, 3.63) is 28.8 Å². The van der Waals surface area contributed by atoms with E-state index in [4.69, 9.17) is 22.4 Å². The van der Waals surface area contributed by atoms with Crippen molar-refractivity contribution in [1.82, 2.24) is 0 Å². The molecule has 0 radical (unpaired) electrons. The maximum Gasteiger partial charge on any atom is 0.335 e. The van der Waals surface area contributed by atoms with Crippen LogP contribution in [0.2, 0.25) is 5.02 Å². The third kappa shape index (κ3) is 5.28. The third-order valence-electron chi connectivity index (χ3n) is 2.54. The second-order valence-corrected chi connectivity index (χ2v) is 4.77. The van der Waals surface area contributed by atoms with Crippen molar-refractivity contribution in [3.63, 3.8) is 0 Å². The Morgan fingerprint density at radius 1 is 1.42 bits per heavy atom. The van der Waals surface area contributed by atoms with Gasteiger partial charge < -0.3 is 16.2 Å². The van der Waals surface area contributed by atoms with Crippen LogP contribution in [-0.4, -0.2) is 23.0 Å². The van der Waals surface area contributed by atoms with Crippen LogP contribution >= 0.6 is 11.6 Å². The Morgan fingerprint density at radius 2 is 2.11 bits per heavy atom. The molecule has 1 aromatic rings. The number of benzene rings is 1. The molecule has 5 nitrogen and oxygen atoms in total. The van der Waals surface area contributed by atoms with E-state index in [0.717, 1.165) is 12.8 Å². The number of hydrogen-bond donors (Lipinski definition) is 3. The van der Waals surface area contributed by atoms with Crippen LogP contribution in [-0.2, 0) is 4.79 Å². The first-order chi connectivity index (χ1) is 8.92. The second-order valence-electron chi connectivity index (χ2n) is 4.33. The number of carboxylic acid groups (broad SMARTS) is 1. The summed E-state index contributed by atoms with van der Waals surface area (Å²) in [5, 5.41) is 11.7. The largest absolute Gasteiger partial charge is 0.478 e. The monoisotopic (exact) mass is 284 g/mol. The number of carboxylic acids is 1. The summed E-state index contributed by atoms with van der Waals surface area (Å²) in [6.07, 6.45) is 1.88. The zero-order valence-electron chi connectivity index (χ0n) is 10.6. The molecule has 1 atom stereocenters. The van der Waals surface area contributed by atoms with Gasteiger partial charge in [0.25, 0.3) is 0 Å². The maximum atomic E-state index is 11.7. The lowest BCUT2D eigenvalue weighted by Crippen LogP contribution is -2.26. The number of nitrogens with two attached hydrogens (primary N) is 1. The molecule has 1 amide bonds. The molecular weight excluding hydrogens is 268 g/mol. The highest BCUT2D eigenvalue weighted by molar-refractivity contribution is 6.31. The van der Waals surface area contributed by atoms with Crippen molar-refractivity contribution in [2.75, 3.05) is 5.32 Å². The molecule has 6 heteroatoms. The summed E-state index contributed by atoms with van der Waals surface area (Å²) in [5.74, 6) is -1.35. The molecule has 0 aliphatic heterocycles. The molecule has 0 aliphatic rings. The van der Waals surface area contributed by atoms with Gasteiger partial charge in [0.05, 0.1) is 5.56 Å². The minimum atomic E-state index is -1.10. The normalized spacial score (nSPS) is 11.9. The number of nitrogens with one attached hydrogen (secondary N) is 1. The van der Waals surface area contributed by atoms with Crippen molar-refractivity contribution in [1.29, 1.82) is 0 Å². The topological polar surface area (TPSA) is 92.4 Å². The summed E-state index contributed by atoms with van der Waals surface area (Å²) in [7, 11) is 0. The van der Waals surface area contributed by atoms with Crippen molar-refractivity contribution in [2.24, 2.45) is 5.73 Å². The SMILES string of the molecule is CCCC(N)CC(=O)Nc1cc(Cl)cc(C(=O)O)c1. The molecule has 0 bridgehead atoms. The number of carbonyl (C=O) groups excluding carboxylic acids is 1. The molecule has 0 aliphatic carbocycles. The number of aromatic carboxylic acids is 1. The van der Waals surface area contributed by atoms with E-state index in [0.29, 0.717) is 5.69 Å². The molecule has 19 heavy (non-hydrogen) atoms. The number of anilines is 1. The molecule has 1 aromatic carbocycles. The molecule has 1 rings (SSSR count). The summed E-state index contributed by atoms with van der Waals surface area (Å²) in [6, 6.07) is 3.99. The molecule has 104 valence electrons. The van der Waals surface area contributed by atoms with Gasteiger partial charge in [-0.05, 0) is 24.6 Å². The Kier molecular flexibility index (Phi) is 5.79. The second kappa shape index (κ2) is 7.11. The average Bonchev–Trinajstić information content (AvgIpc) is 2.27. The fourth-order valence-corrected chi connectivity index (χ4v) is 1.94. The Bertz CT molecular complexity index is 477. The Hall–Kier alpha value is -1.59. The highest BCUT2D eigenvalue weighted by Crippen LogP contribution is 2.19. The third-order valence-corrected chi connectivity index (χ3v) is 2.75. The maximum absolute atomic E-state index is 11.7. The number of amides is 1. The molecular formula is C13H17ClN2O3. The van der Waals surface area contributed by atoms with E-state index in [1.807, 2.05) is 6.92 Å². The molecule has 0 saturated carbocycles. The minimum absolute atomic E-state index is 0.0284. The van der Waals surface area contributed by atoms with E-state index in [1.165, 1.54) is 18.2 Å². The quantitative estimate of drug-likeness (QED) is 0.748. The zero-order chi connectivity index (χ0) is 14.4. The summed E-state index contributed by atoms with van der Waals surface area (Å²) >= 11 is 5.79. The van der Waals surface area contributed by atoms with Gasteiger partial charge in [-0.3, -0.25) is 4.79 Å². The van der Waals surface area contributed by atoms with Crippen LogP contribution in [0.4, 0.5) is 5.69 Å². The van der Waals surface area contributed by atoms with Crippen LogP contribution in [0, 0.1) is 0 Å². The first-order valence-corrected chi connectivity index (χ1v) is 6.39. The van der Waals surface area contributed by atoms with E-state index in [9.17, 15) is 9.59 Å². The lowest BCUT2D eigenvalue weighted by atomic mass is 10.1. The van der Waals surface area contributed by atoms with Crippen LogP contribution < -0.4 is 11.1 Å². The van der Waals surface area contributed by atoms with Crippen LogP contribution in [0.25, 0.3) is 0 Å². The minimum Gasteiger partial charge on any atom is -0.478 e. The molecule has 0 fully saturated rings. The fraction of sp³-hybridized carbons (Fsp3) is 0.385. The average molecular weight is 285 g/mol. The number of hydrogen-bond acceptors (Lipinski definition) is 3. The van der Waals surface area contributed by atoms with E-state index < -0.39 is 5.97 Å². The van der Waals surface area contributed by atoms with Gasteiger partial charge in [0, 0.05) is 23.2 Å². The van der Waals surface area contributed by atoms with E-state index >= 15 is 0 Å². The molecule has 0 aromatic heterocycles. The van der Waals surface area contributed by atoms with E-state index in [1.54, 1.807) is 0 Å². The van der Waals surface area contributed by atoms with Crippen LogP contribution in [0.15, 0.2) is 18.2 Å². The standard InChI is InChI=1S/C13H17ClN2O3/c1-2-3-10(15)7-12(17)16-11-5-8(13(18)19)4-9(14)6-11/h4-6,10H,2-3,7,15H2,1H3,(H,16,17)(H,18,19). The fourth-order valence-electron chi connectivity index (χ4n) is 1.71. The Balaban J connectivity index is 2.71. The molecule has 1 unspecified atom stereocenters. The smallest absolute Gasteiger partial charge is 0.335 e. The van der Waals surface area contributed by atoms with Crippen LogP contribution in [0.5, 0.6) is 0 Å². The van der Waals surface area contributed by atoms with E-state index in [-0.39, 0.29) is 29.0 Å². The van der Waals surface area contributed by atoms with Gasteiger partial charge in [0.1, 0.15) is 0 Å². The molecule has 0 saturated heterocycles. The zero-order valence-corrected chi connectivity index (χ0v) is 11.4. The van der Waals surface area contributed by atoms with Crippen LogP contribution in [0.1, 0.15) is 36.5 Å². The van der Waals surface area contributed by atoms with Crippen LogP contribution in [0.3, 0.4) is 0 Å². The highest BCUT2D eigenvalue weighted by Gasteiger charge is 2.11. The molecule has 0 spiro atoms. The lowest BCUT2D eigenvalue weighted by molar-refractivity contribution is -0.116. The van der Waals surface area contributed by atoms with Gasteiger partial charge in [-0.2, -0.15) is 0 Å². The number of carbonyl (C=O) groups is 2. The summed E-state index contributed by atoms with van der Waals surface area (Å²) in [6.45, 7) is 1.99. The number of rotatable bonds is 6. The van der Waals surface area contributed by atoms with Gasteiger partial charge in [-0.1, -0.05) is 24.9 Å². The van der Waals surface area contributed by atoms with E-state index in [2.05, 4.69) is 5.32 Å². The van der Waals surface area contributed by atoms with Gasteiger partial charge in [-0.15, -0.1) is 0 Å². The van der Waals surface area contributed by atoms with Gasteiger partial charge in [0.15, 0.2) is 0 Å². The first-order valence-electron chi connectivity index (χ1n) is 6.01. The summed E-state index contributed by atoms with van der Waals surface area (Å²) in [4.78, 5) is 22.6. The first kappa shape index (κ1) is 15.5. The summed E-state index contributed by atoms with van der Waals surface area (Å²) < 4.78 is 0. The molecule has 4 N–H and O–H groups in total. The highest BCUT2D eigenvalue weighted by atomic mass is 35.5. The van der Waals surface area contributed by atoms with Gasteiger partial charge >= 0.3 is 5.97 Å². The van der Waals surface area contributed by atoms with Crippen molar-refractivity contribution in [3.8, 4) is 0 Å². The molecule has 0 heterocycles. The van der Waals surface area contributed by atoms with Gasteiger partial charge in [0.2, 0.25) is 5.91 Å². The lowest BCUT2D eigenvalue weighted by Gasteiger charge is -2.11. The Morgan fingerprint density at radius 3 is 2.68 bits per heavy atom. The number of halogens is 1. The van der Waals surface area contributed by atoms with Crippen molar-refractivity contribution in [2.45, 2.75) is 32.2 Å². The Labute approximate surface area is 116 Å². The predicted molar refractivity (Wildman–Crippen MR) is 74.5 cm³/mol. The predicted octanol–water partition coefficient (Wildman–Crippen LogP) is 2.49.